The summed E-state index contributed by atoms with van der Waals surface area (Å²) in [7, 11) is 0. The van der Waals surface area contributed by atoms with Crippen molar-refractivity contribution in [2.45, 2.75) is 25.3 Å². The standard InChI is InChI=1S/C17H13FN4O/c18-12-6-4-10(5-7-12)16-15-13(2-1-3-14(15)23)21-17-11(8-19)9-20-22(16)17/h4-7,9,16,21H,1-3H2/t16-/m0/s1. The fraction of sp³-hybridized carbons (Fsp3) is 0.235. The quantitative estimate of drug-likeness (QED) is 0.879. The SMILES string of the molecule is N#Cc1cnn2c1NC1=C(C(=O)CCC1)[C@@H]2c1ccc(F)cc1. The van der Waals surface area contributed by atoms with Gasteiger partial charge in [-0.05, 0) is 30.5 Å². The Balaban J connectivity index is 1.94. The maximum absolute atomic E-state index is 13.3. The first-order chi connectivity index (χ1) is 11.2. The summed E-state index contributed by atoms with van der Waals surface area (Å²) in [5.41, 5.74) is 2.73. The van der Waals surface area contributed by atoms with Crippen molar-refractivity contribution >= 4 is 11.6 Å². The van der Waals surface area contributed by atoms with Crippen LogP contribution in [-0.2, 0) is 4.79 Å². The van der Waals surface area contributed by atoms with Crippen molar-refractivity contribution in [3.8, 4) is 6.07 Å². The van der Waals surface area contributed by atoms with Crippen molar-refractivity contribution in [3.63, 3.8) is 0 Å². The Bertz CT molecular complexity index is 873. The lowest BCUT2D eigenvalue weighted by molar-refractivity contribution is -0.116. The van der Waals surface area contributed by atoms with Crippen molar-refractivity contribution in [1.29, 1.82) is 5.26 Å². The van der Waals surface area contributed by atoms with E-state index in [2.05, 4.69) is 16.5 Å². The lowest BCUT2D eigenvalue weighted by atomic mass is 9.85. The van der Waals surface area contributed by atoms with Crippen molar-refractivity contribution in [3.05, 3.63) is 58.7 Å². The van der Waals surface area contributed by atoms with Crippen molar-refractivity contribution in [2.24, 2.45) is 0 Å². The molecule has 2 aliphatic rings. The minimum Gasteiger partial charge on any atom is -0.342 e. The highest BCUT2D eigenvalue weighted by atomic mass is 19.1. The zero-order chi connectivity index (χ0) is 16.0. The van der Waals surface area contributed by atoms with E-state index in [9.17, 15) is 14.4 Å². The minimum atomic E-state index is -0.420. The van der Waals surface area contributed by atoms with Crippen LogP contribution in [0.25, 0.3) is 0 Å². The summed E-state index contributed by atoms with van der Waals surface area (Å²) < 4.78 is 14.9. The van der Waals surface area contributed by atoms with E-state index in [1.807, 2.05) is 0 Å². The summed E-state index contributed by atoms with van der Waals surface area (Å²) in [5, 5.41) is 16.7. The minimum absolute atomic E-state index is 0.0766. The Hall–Kier alpha value is -2.94. The van der Waals surface area contributed by atoms with Gasteiger partial charge < -0.3 is 5.32 Å². The third kappa shape index (κ3) is 2.05. The molecule has 6 heteroatoms. The number of rotatable bonds is 1. The molecule has 1 aliphatic heterocycles. The van der Waals surface area contributed by atoms with E-state index in [0.29, 0.717) is 23.4 Å². The normalized spacial score (nSPS) is 19.7. The average Bonchev–Trinajstić information content (AvgIpc) is 2.97. The number of allylic oxidation sites excluding steroid dienone is 2. The van der Waals surface area contributed by atoms with Gasteiger partial charge in [-0.1, -0.05) is 12.1 Å². The number of benzene rings is 1. The number of fused-ring (bicyclic) bond motifs is 1. The first-order valence-corrected chi connectivity index (χ1v) is 7.45. The zero-order valence-electron chi connectivity index (χ0n) is 12.2. The zero-order valence-corrected chi connectivity index (χ0v) is 12.2. The van der Waals surface area contributed by atoms with Crippen LogP contribution >= 0.6 is 0 Å². The number of Topliss-reactive ketones (excluding diaryl/α,β-unsaturated/α-hetero) is 1. The van der Waals surface area contributed by atoms with Crippen LogP contribution in [-0.4, -0.2) is 15.6 Å². The molecule has 0 amide bonds. The molecule has 0 radical (unpaired) electrons. The van der Waals surface area contributed by atoms with Crippen LogP contribution in [0.4, 0.5) is 10.2 Å². The van der Waals surface area contributed by atoms with Crippen molar-refractivity contribution in [1.82, 2.24) is 9.78 Å². The highest BCUT2D eigenvalue weighted by molar-refractivity contribution is 5.99. The van der Waals surface area contributed by atoms with Crippen LogP contribution < -0.4 is 5.32 Å². The summed E-state index contributed by atoms with van der Waals surface area (Å²) in [6.45, 7) is 0. The number of halogens is 1. The molecule has 1 aromatic carbocycles. The number of hydrogen-bond acceptors (Lipinski definition) is 4. The van der Waals surface area contributed by atoms with Crippen molar-refractivity contribution < 1.29 is 9.18 Å². The highest BCUT2D eigenvalue weighted by Gasteiger charge is 2.36. The molecule has 0 bridgehead atoms. The molecule has 0 spiro atoms. The molecule has 0 saturated carbocycles. The van der Waals surface area contributed by atoms with Gasteiger partial charge >= 0.3 is 0 Å². The van der Waals surface area contributed by atoms with Crippen LogP contribution in [0.1, 0.15) is 36.4 Å². The maximum Gasteiger partial charge on any atom is 0.163 e. The monoisotopic (exact) mass is 308 g/mol. The number of anilines is 1. The molecule has 5 nitrogen and oxygen atoms in total. The summed E-state index contributed by atoms with van der Waals surface area (Å²) >= 11 is 0. The Morgan fingerprint density at radius 1 is 1.30 bits per heavy atom. The number of nitrogens with zero attached hydrogens (tertiary/aromatic N) is 3. The second kappa shape index (κ2) is 5.06. The molecular formula is C17H13FN4O. The van der Waals surface area contributed by atoms with Gasteiger partial charge in [-0.25, -0.2) is 9.07 Å². The molecule has 0 unspecified atom stereocenters. The maximum atomic E-state index is 13.3. The van der Waals surface area contributed by atoms with E-state index in [0.717, 1.165) is 24.1 Å². The second-order valence-corrected chi connectivity index (χ2v) is 5.71. The molecular weight excluding hydrogens is 295 g/mol. The third-order valence-electron chi connectivity index (χ3n) is 4.35. The molecule has 1 aliphatic carbocycles. The van der Waals surface area contributed by atoms with Crippen LogP contribution in [0.15, 0.2) is 41.7 Å². The fourth-order valence-corrected chi connectivity index (χ4v) is 3.29. The van der Waals surface area contributed by atoms with E-state index < -0.39 is 6.04 Å². The summed E-state index contributed by atoms with van der Waals surface area (Å²) in [6.07, 6.45) is 3.54. The molecule has 0 saturated heterocycles. The number of ketones is 1. The lowest BCUT2D eigenvalue weighted by Gasteiger charge is -2.33. The lowest BCUT2D eigenvalue weighted by Crippen LogP contribution is -2.31. The van der Waals surface area contributed by atoms with Gasteiger partial charge in [0.1, 0.15) is 29.3 Å². The van der Waals surface area contributed by atoms with Crippen LogP contribution in [0.3, 0.4) is 0 Å². The predicted molar refractivity (Wildman–Crippen MR) is 81.0 cm³/mol. The van der Waals surface area contributed by atoms with Gasteiger partial charge in [0, 0.05) is 17.7 Å². The Morgan fingerprint density at radius 3 is 2.83 bits per heavy atom. The molecule has 23 heavy (non-hydrogen) atoms. The predicted octanol–water partition coefficient (Wildman–Crippen LogP) is 2.92. The summed E-state index contributed by atoms with van der Waals surface area (Å²) in [4.78, 5) is 12.5. The molecule has 1 N–H and O–H groups in total. The molecule has 1 atom stereocenters. The Kier molecular flexibility index (Phi) is 3.01. The second-order valence-electron chi connectivity index (χ2n) is 5.71. The molecule has 0 fully saturated rings. The van der Waals surface area contributed by atoms with E-state index in [1.54, 1.807) is 16.8 Å². The van der Waals surface area contributed by atoms with Crippen LogP contribution in [0.2, 0.25) is 0 Å². The van der Waals surface area contributed by atoms with Gasteiger partial charge in [0.2, 0.25) is 0 Å². The van der Waals surface area contributed by atoms with E-state index in [1.165, 1.54) is 18.3 Å². The molecule has 2 heterocycles. The summed E-state index contributed by atoms with van der Waals surface area (Å²) in [6, 6.07) is 7.76. The van der Waals surface area contributed by atoms with Gasteiger partial charge in [0.25, 0.3) is 0 Å². The van der Waals surface area contributed by atoms with Crippen LogP contribution in [0.5, 0.6) is 0 Å². The smallest absolute Gasteiger partial charge is 0.163 e. The number of nitrogens with one attached hydrogen (secondary N) is 1. The van der Waals surface area contributed by atoms with Crippen molar-refractivity contribution in [2.75, 3.05) is 5.32 Å². The fourth-order valence-electron chi connectivity index (χ4n) is 3.29. The van der Waals surface area contributed by atoms with Gasteiger partial charge in [-0.3, -0.25) is 4.79 Å². The molecule has 2 aromatic rings. The molecule has 1 aromatic heterocycles. The topological polar surface area (TPSA) is 70.7 Å². The number of nitriles is 1. The van der Waals surface area contributed by atoms with Gasteiger partial charge in [0.15, 0.2) is 5.78 Å². The highest BCUT2D eigenvalue weighted by Crippen LogP contribution is 2.41. The average molecular weight is 308 g/mol. The van der Waals surface area contributed by atoms with Crippen LogP contribution in [0, 0.1) is 17.1 Å². The number of carbonyl (C=O) groups is 1. The Morgan fingerprint density at radius 2 is 2.09 bits per heavy atom. The van der Waals surface area contributed by atoms with Gasteiger partial charge in [0.05, 0.1) is 6.20 Å². The first kappa shape index (κ1) is 13.7. The summed E-state index contributed by atoms with van der Waals surface area (Å²) in [5.74, 6) is 0.341. The number of carbonyl (C=O) groups excluding carboxylic acids is 1. The Labute approximate surface area is 132 Å². The van der Waals surface area contributed by atoms with E-state index in [-0.39, 0.29) is 11.6 Å². The number of hydrogen-bond donors (Lipinski definition) is 1. The third-order valence-corrected chi connectivity index (χ3v) is 4.35. The number of aromatic nitrogens is 2. The largest absolute Gasteiger partial charge is 0.342 e. The molecule has 4 rings (SSSR count). The van der Waals surface area contributed by atoms with Gasteiger partial charge in [-0.2, -0.15) is 10.4 Å². The van der Waals surface area contributed by atoms with Gasteiger partial charge in [-0.15, -0.1) is 0 Å². The first-order valence-electron chi connectivity index (χ1n) is 7.45. The van der Waals surface area contributed by atoms with E-state index >= 15 is 0 Å². The van der Waals surface area contributed by atoms with E-state index in [4.69, 9.17) is 0 Å². The molecule has 114 valence electrons.